The van der Waals surface area contributed by atoms with Gasteiger partial charge in [-0.25, -0.2) is 4.79 Å². The van der Waals surface area contributed by atoms with Gasteiger partial charge in [0.25, 0.3) is 0 Å². The van der Waals surface area contributed by atoms with Crippen LogP contribution < -0.4 is 0 Å². The Balaban J connectivity index is 2.76. The van der Waals surface area contributed by atoms with Crippen LogP contribution in [-0.4, -0.2) is 43.4 Å². The maximum atomic E-state index is 12.3. The van der Waals surface area contributed by atoms with Crippen LogP contribution in [0.2, 0.25) is 0 Å². The van der Waals surface area contributed by atoms with Gasteiger partial charge in [-0.15, -0.1) is 0 Å². The van der Waals surface area contributed by atoms with E-state index in [2.05, 4.69) is 6.58 Å². The normalized spacial score (nSPS) is 12.0. The molecule has 4 nitrogen and oxygen atoms in total. The van der Waals surface area contributed by atoms with E-state index in [1.807, 2.05) is 6.07 Å². The van der Waals surface area contributed by atoms with Crippen LogP contribution in [0.5, 0.6) is 0 Å². The van der Waals surface area contributed by atoms with Gasteiger partial charge in [0.05, 0.1) is 0 Å². The van der Waals surface area contributed by atoms with Crippen molar-refractivity contribution in [2.45, 2.75) is 13.0 Å². The molecule has 0 amide bonds. The van der Waals surface area contributed by atoms with Crippen LogP contribution in [0.3, 0.4) is 0 Å². The Labute approximate surface area is 113 Å². The van der Waals surface area contributed by atoms with E-state index in [1.54, 1.807) is 50.2 Å². The smallest absolute Gasteiger partial charge is 0.333 e. The number of carbonyl (C=O) groups excluding carboxylic acids is 2. The molecule has 0 aliphatic heterocycles. The molecule has 1 aromatic carbocycles. The van der Waals surface area contributed by atoms with Gasteiger partial charge in [-0.1, -0.05) is 36.9 Å². The lowest BCUT2D eigenvalue weighted by atomic mass is 10.0. The van der Waals surface area contributed by atoms with Crippen LogP contribution in [0.4, 0.5) is 0 Å². The summed E-state index contributed by atoms with van der Waals surface area (Å²) in [5.41, 5.74) is 0.928. The number of ketones is 1. The third-order valence-electron chi connectivity index (χ3n) is 2.71. The summed E-state index contributed by atoms with van der Waals surface area (Å²) in [6.45, 7) is 5.10. The Morgan fingerprint density at radius 3 is 2.32 bits per heavy atom. The fourth-order valence-electron chi connectivity index (χ4n) is 1.53. The van der Waals surface area contributed by atoms with Gasteiger partial charge >= 0.3 is 5.97 Å². The molecule has 0 spiro atoms. The molecule has 0 heterocycles. The predicted octanol–water partition coefficient (Wildman–Crippen LogP) is 1.92. The van der Waals surface area contributed by atoms with Gasteiger partial charge in [-0.3, -0.25) is 9.69 Å². The van der Waals surface area contributed by atoms with E-state index >= 15 is 0 Å². The molecule has 1 rings (SSSR count). The van der Waals surface area contributed by atoms with Crippen molar-refractivity contribution in [2.24, 2.45) is 0 Å². The van der Waals surface area contributed by atoms with Crippen molar-refractivity contribution in [1.29, 1.82) is 0 Å². The van der Waals surface area contributed by atoms with Gasteiger partial charge in [0, 0.05) is 11.1 Å². The molecule has 0 saturated carbocycles. The van der Waals surface area contributed by atoms with Crippen molar-refractivity contribution in [3.05, 3.63) is 48.0 Å². The second-order valence-electron chi connectivity index (χ2n) is 4.59. The monoisotopic (exact) mass is 261 g/mol. The first-order valence-corrected chi connectivity index (χ1v) is 6.01. The zero-order valence-corrected chi connectivity index (χ0v) is 11.6. The minimum Gasteiger partial charge on any atom is -0.460 e. The van der Waals surface area contributed by atoms with Crippen LogP contribution in [-0.2, 0) is 9.53 Å². The Morgan fingerprint density at radius 1 is 1.26 bits per heavy atom. The number of nitrogens with zero attached hydrogens (tertiary/aromatic N) is 1. The first kappa shape index (κ1) is 15.1. The average molecular weight is 261 g/mol. The largest absolute Gasteiger partial charge is 0.460 e. The Morgan fingerprint density at radius 2 is 1.84 bits per heavy atom. The summed E-state index contributed by atoms with van der Waals surface area (Å²) in [6.07, 6.45) is 0. The van der Waals surface area contributed by atoms with E-state index in [4.69, 9.17) is 4.74 Å². The second-order valence-corrected chi connectivity index (χ2v) is 4.59. The summed E-state index contributed by atoms with van der Waals surface area (Å²) in [5, 5.41) is 0. The lowest BCUT2D eigenvalue weighted by Crippen LogP contribution is -2.40. The molecule has 0 bridgehead atoms. The Bertz CT molecular complexity index is 466. The van der Waals surface area contributed by atoms with Gasteiger partial charge in [0.15, 0.2) is 5.78 Å². The Kier molecular flexibility index (Phi) is 5.45. The molecule has 0 aliphatic rings. The molecule has 0 aromatic heterocycles. The molecule has 19 heavy (non-hydrogen) atoms. The number of hydrogen-bond acceptors (Lipinski definition) is 4. The fourth-order valence-corrected chi connectivity index (χ4v) is 1.53. The third kappa shape index (κ3) is 4.34. The van der Waals surface area contributed by atoms with E-state index in [-0.39, 0.29) is 12.4 Å². The van der Waals surface area contributed by atoms with E-state index in [0.717, 1.165) is 0 Å². The summed E-state index contributed by atoms with van der Waals surface area (Å²) in [5.74, 6) is -0.548. The van der Waals surface area contributed by atoms with Crippen LogP contribution >= 0.6 is 0 Å². The highest BCUT2D eigenvalue weighted by molar-refractivity contribution is 6.00. The van der Waals surface area contributed by atoms with E-state index < -0.39 is 12.0 Å². The van der Waals surface area contributed by atoms with E-state index in [9.17, 15) is 9.59 Å². The molecular weight excluding hydrogens is 242 g/mol. The van der Waals surface area contributed by atoms with Crippen molar-refractivity contribution in [3.63, 3.8) is 0 Å². The minimum absolute atomic E-state index is 0.0203. The van der Waals surface area contributed by atoms with Crippen molar-refractivity contribution < 1.29 is 14.3 Å². The molecule has 0 N–H and O–H groups in total. The first-order chi connectivity index (χ1) is 8.93. The predicted molar refractivity (Wildman–Crippen MR) is 74.0 cm³/mol. The lowest BCUT2D eigenvalue weighted by molar-refractivity contribution is -0.139. The number of esters is 1. The molecule has 4 heteroatoms. The maximum Gasteiger partial charge on any atom is 0.333 e. The topological polar surface area (TPSA) is 46.6 Å². The molecule has 102 valence electrons. The van der Waals surface area contributed by atoms with Gasteiger partial charge in [0.1, 0.15) is 12.6 Å². The van der Waals surface area contributed by atoms with Crippen LogP contribution in [0.1, 0.15) is 17.3 Å². The van der Waals surface area contributed by atoms with E-state index in [1.165, 1.54) is 0 Å². The van der Waals surface area contributed by atoms with Gasteiger partial charge in [-0.05, 0) is 21.0 Å². The number of rotatable bonds is 6. The van der Waals surface area contributed by atoms with Crippen LogP contribution in [0.25, 0.3) is 0 Å². The van der Waals surface area contributed by atoms with Crippen molar-refractivity contribution in [1.82, 2.24) is 4.90 Å². The zero-order valence-electron chi connectivity index (χ0n) is 11.6. The van der Waals surface area contributed by atoms with E-state index in [0.29, 0.717) is 11.1 Å². The summed E-state index contributed by atoms with van der Waals surface area (Å²) in [7, 11) is 3.56. The number of carbonyl (C=O) groups is 2. The number of likely N-dealkylation sites (N-methyl/N-ethyl adjacent to an activating group) is 1. The van der Waals surface area contributed by atoms with Crippen molar-refractivity contribution in [2.75, 3.05) is 20.7 Å². The molecule has 0 aliphatic carbocycles. The van der Waals surface area contributed by atoms with Crippen molar-refractivity contribution in [3.8, 4) is 0 Å². The highest BCUT2D eigenvalue weighted by Crippen LogP contribution is 2.08. The number of hydrogen-bond donors (Lipinski definition) is 0. The molecule has 1 aromatic rings. The lowest BCUT2D eigenvalue weighted by Gasteiger charge is -2.22. The molecule has 0 fully saturated rings. The van der Waals surface area contributed by atoms with Gasteiger partial charge in [-0.2, -0.15) is 0 Å². The van der Waals surface area contributed by atoms with Crippen molar-refractivity contribution >= 4 is 11.8 Å². The standard InChI is InChI=1S/C15H19NO3/c1-11(2)15(18)19-10-13(16(3)4)14(17)12-8-6-5-7-9-12/h5-9,13H,1,10H2,2-4H3. The molecular formula is C15H19NO3. The average Bonchev–Trinajstić information content (AvgIpc) is 2.38. The summed E-state index contributed by atoms with van der Waals surface area (Å²) < 4.78 is 5.07. The van der Waals surface area contributed by atoms with Crippen LogP contribution in [0.15, 0.2) is 42.5 Å². The quantitative estimate of drug-likeness (QED) is 0.446. The highest BCUT2D eigenvalue weighted by Gasteiger charge is 2.23. The third-order valence-corrected chi connectivity index (χ3v) is 2.71. The first-order valence-electron chi connectivity index (χ1n) is 6.01. The molecule has 1 atom stereocenters. The Hall–Kier alpha value is -1.94. The highest BCUT2D eigenvalue weighted by atomic mass is 16.5. The summed E-state index contributed by atoms with van der Waals surface area (Å²) in [4.78, 5) is 25.4. The SMILES string of the molecule is C=C(C)C(=O)OCC(C(=O)c1ccccc1)N(C)C. The number of Topliss-reactive ketones (excluding diaryl/α,β-unsaturated/α-hetero) is 1. The molecule has 1 unspecified atom stereocenters. The minimum atomic E-state index is -0.495. The fraction of sp³-hybridized carbons (Fsp3) is 0.333. The van der Waals surface area contributed by atoms with Gasteiger partial charge < -0.3 is 4.74 Å². The van der Waals surface area contributed by atoms with Crippen LogP contribution in [0, 0.1) is 0 Å². The number of ether oxygens (including phenoxy) is 1. The van der Waals surface area contributed by atoms with Gasteiger partial charge in [0.2, 0.25) is 0 Å². The zero-order chi connectivity index (χ0) is 14.4. The second kappa shape index (κ2) is 6.85. The molecule has 0 saturated heterocycles. The molecule has 0 radical (unpaired) electrons. The summed E-state index contributed by atoms with van der Waals surface area (Å²) in [6, 6.07) is 8.46. The maximum absolute atomic E-state index is 12.3. The summed E-state index contributed by atoms with van der Waals surface area (Å²) >= 11 is 0. The number of benzene rings is 1.